The zero-order valence-corrected chi connectivity index (χ0v) is 34.0. The molecule has 0 radical (unpaired) electrons. The van der Waals surface area contributed by atoms with Gasteiger partial charge in [-0.2, -0.15) is 0 Å². The molecule has 54 heavy (non-hydrogen) atoms. The summed E-state index contributed by atoms with van der Waals surface area (Å²) in [6.07, 6.45) is 20.3. The highest BCUT2D eigenvalue weighted by Gasteiger charge is 2.30. The molecule has 8 nitrogen and oxygen atoms in total. The molecular formula is C44H60O8S2. The molecule has 4 aromatic rings. The Morgan fingerprint density at radius 2 is 0.944 bits per heavy atom. The second-order valence-electron chi connectivity index (χ2n) is 14.9. The Labute approximate surface area is 322 Å². The first kappa shape index (κ1) is 43.2. The standard InChI is InChI=1S/C44H60O8S2/c1-3-5-7-9-11-13-15-17-19-23-27-53(49,50)39-30-33-29-37-42(44(48)35-26-22-21-25-34(35)43(37)47)41(38(46)32-45)36(33)31-40(39)54(51,52)28-24-20-18-16-14-12-10-8-6-4-2/h21-22,25-26,29-32,47-48H,3-20,23-24,27-28H2,1-2H3. The molecule has 0 bridgehead atoms. The second-order valence-corrected chi connectivity index (χ2v) is 19.1. The number of rotatable bonds is 26. The fraction of sp³-hybridized carbons (Fsp3) is 0.545. The van der Waals surface area contributed by atoms with Gasteiger partial charge in [-0.15, -0.1) is 0 Å². The van der Waals surface area contributed by atoms with Crippen LogP contribution in [0.4, 0.5) is 0 Å². The van der Waals surface area contributed by atoms with Gasteiger partial charge in [0.05, 0.1) is 21.3 Å². The Morgan fingerprint density at radius 3 is 1.39 bits per heavy atom. The Morgan fingerprint density at radius 1 is 0.537 bits per heavy atom. The van der Waals surface area contributed by atoms with E-state index < -0.39 is 30.4 Å². The average molecular weight is 781 g/mol. The highest BCUT2D eigenvalue weighted by Crippen LogP contribution is 2.46. The monoisotopic (exact) mass is 780 g/mol. The predicted molar refractivity (Wildman–Crippen MR) is 220 cm³/mol. The number of phenolic OH excluding ortho intramolecular Hbond substituents is 2. The van der Waals surface area contributed by atoms with Crippen LogP contribution in [-0.4, -0.2) is 50.6 Å². The third-order valence-electron chi connectivity index (χ3n) is 10.7. The quantitative estimate of drug-likeness (QED) is 0.0160. The van der Waals surface area contributed by atoms with Crippen LogP contribution in [-0.2, 0) is 24.5 Å². The zero-order chi connectivity index (χ0) is 39.1. The number of ketones is 1. The number of sulfone groups is 2. The number of unbranched alkanes of at least 4 members (excludes halogenated alkanes) is 18. The van der Waals surface area contributed by atoms with Crippen molar-refractivity contribution >= 4 is 64.1 Å². The van der Waals surface area contributed by atoms with E-state index in [2.05, 4.69) is 13.8 Å². The van der Waals surface area contributed by atoms with Crippen molar-refractivity contribution in [2.45, 2.75) is 152 Å². The van der Waals surface area contributed by atoms with E-state index in [-0.39, 0.29) is 66.7 Å². The van der Waals surface area contributed by atoms with Crippen LogP contribution in [0.1, 0.15) is 153 Å². The summed E-state index contributed by atoms with van der Waals surface area (Å²) in [6.45, 7) is 4.38. The van der Waals surface area contributed by atoms with Gasteiger partial charge < -0.3 is 10.2 Å². The summed E-state index contributed by atoms with van der Waals surface area (Å²) < 4.78 is 56.4. The van der Waals surface area contributed by atoms with Crippen LogP contribution in [0.25, 0.3) is 32.3 Å². The van der Waals surface area contributed by atoms with Crippen LogP contribution in [0.5, 0.6) is 11.5 Å². The molecule has 296 valence electrons. The Kier molecular flexibility index (Phi) is 16.8. The molecule has 2 N–H and O–H groups in total. The number of fused-ring (bicyclic) bond motifs is 3. The first-order chi connectivity index (χ1) is 26.0. The minimum atomic E-state index is -4.17. The highest BCUT2D eigenvalue weighted by atomic mass is 32.2. The van der Waals surface area contributed by atoms with Gasteiger partial charge in [0.1, 0.15) is 11.5 Å². The fourth-order valence-electron chi connectivity index (χ4n) is 7.60. The topological polar surface area (TPSA) is 143 Å². The molecule has 10 heteroatoms. The molecule has 0 atom stereocenters. The van der Waals surface area contributed by atoms with Crippen LogP contribution in [0.3, 0.4) is 0 Å². The summed E-state index contributed by atoms with van der Waals surface area (Å²) in [4.78, 5) is 24.6. The summed E-state index contributed by atoms with van der Waals surface area (Å²) >= 11 is 0. The van der Waals surface area contributed by atoms with E-state index in [0.717, 1.165) is 44.9 Å². The highest BCUT2D eigenvalue weighted by molar-refractivity contribution is 7.94. The number of hydrogen-bond acceptors (Lipinski definition) is 8. The van der Waals surface area contributed by atoms with Crippen molar-refractivity contribution in [2.24, 2.45) is 0 Å². The van der Waals surface area contributed by atoms with E-state index in [4.69, 9.17) is 0 Å². The predicted octanol–water partition coefficient (Wildman–Crippen LogP) is 11.3. The summed E-state index contributed by atoms with van der Waals surface area (Å²) in [7, 11) is -8.29. The zero-order valence-electron chi connectivity index (χ0n) is 32.3. The minimum Gasteiger partial charge on any atom is -0.507 e. The maximum absolute atomic E-state index is 14.1. The van der Waals surface area contributed by atoms with Gasteiger partial charge in [-0.3, -0.25) is 9.59 Å². The van der Waals surface area contributed by atoms with E-state index in [1.165, 1.54) is 76.0 Å². The number of aromatic hydroxyl groups is 2. The molecular weight excluding hydrogens is 721 g/mol. The van der Waals surface area contributed by atoms with E-state index >= 15 is 0 Å². The molecule has 0 unspecified atom stereocenters. The van der Waals surface area contributed by atoms with Crippen LogP contribution in [0.15, 0.2) is 52.3 Å². The Bertz CT molecular complexity index is 2100. The SMILES string of the molecule is CCCCCCCCCCCCS(=O)(=O)c1cc2cc3c(O)c4ccccc4c(O)c3c(C(=O)C=O)c2cc1S(=O)(=O)CCCCCCCCCCCC. The number of benzene rings is 4. The van der Waals surface area contributed by atoms with Gasteiger partial charge in [0.15, 0.2) is 26.0 Å². The summed E-state index contributed by atoms with van der Waals surface area (Å²) in [5.41, 5.74) is -0.287. The van der Waals surface area contributed by atoms with Crippen molar-refractivity contribution < 1.29 is 36.6 Å². The van der Waals surface area contributed by atoms with Crippen molar-refractivity contribution in [3.8, 4) is 11.5 Å². The molecule has 0 aliphatic carbocycles. The van der Waals surface area contributed by atoms with Crippen LogP contribution in [0, 0.1) is 0 Å². The molecule has 4 rings (SSSR count). The first-order valence-electron chi connectivity index (χ1n) is 20.3. The summed E-state index contributed by atoms with van der Waals surface area (Å²) in [6, 6.07) is 10.4. The lowest BCUT2D eigenvalue weighted by molar-refractivity contribution is -0.104. The molecule has 0 amide bonds. The maximum Gasteiger partial charge on any atom is 0.226 e. The van der Waals surface area contributed by atoms with Crippen molar-refractivity contribution in [1.29, 1.82) is 0 Å². The van der Waals surface area contributed by atoms with Gasteiger partial charge in [0.2, 0.25) is 5.78 Å². The molecule has 0 fully saturated rings. The number of Topliss-reactive ketones (excluding diaryl/α,β-unsaturated/α-hetero) is 1. The third kappa shape index (κ3) is 11.1. The van der Waals surface area contributed by atoms with E-state index in [9.17, 15) is 36.6 Å². The van der Waals surface area contributed by atoms with E-state index in [1.807, 2.05) is 0 Å². The van der Waals surface area contributed by atoms with Crippen LogP contribution < -0.4 is 0 Å². The van der Waals surface area contributed by atoms with Gasteiger partial charge >= 0.3 is 0 Å². The summed E-state index contributed by atoms with van der Waals surface area (Å²) in [5, 5.41) is 23.4. The van der Waals surface area contributed by atoms with Crippen molar-refractivity contribution in [3.63, 3.8) is 0 Å². The van der Waals surface area contributed by atoms with Gasteiger partial charge in [0, 0.05) is 27.1 Å². The number of carbonyl (C=O) groups excluding carboxylic acids is 2. The molecule has 0 aliphatic rings. The smallest absolute Gasteiger partial charge is 0.226 e. The van der Waals surface area contributed by atoms with E-state index in [1.54, 1.807) is 24.3 Å². The summed E-state index contributed by atoms with van der Waals surface area (Å²) in [5.74, 6) is -2.14. The van der Waals surface area contributed by atoms with Gasteiger partial charge in [-0.25, -0.2) is 16.8 Å². The molecule has 0 aliphatic heterocycles. The normalized spacial score (nSPS) is 12.3. The fourth-order valence-corrected chi connectivity index (χ4v) is 11.3. The van der Waals surface area contributed by atoms with Gasteiger partial charge in [-0.1, -0.05) is 154 Å². The first-order valence-corrected chi connectivity index (χ1v) is 23.6. The molecule has 0 heterocycles. The Hall–Kier alpha value is -3.50. The van der Waals surface area contributed by atoms with E-state index in [0.29, 0.717) is 31.1 Å². The molecule has 0 aromatic heterocycles. The molecule has 0 saturated carbocycles. The second kappa shape index (κ2) is 21.0. The van der Waals surface area contributed by atoms with Crippen molar-refractivity contribution in [3.05, 3.63) is 48.0 Å². The number of carbonyl (C=O) groups is 2. The molecule has 0 saturated heterocycles. The lowest BCUT2D eigenvalue weighted by atomic mass is 9.91. The van der Waals surface area contributed by atoms with Crippen LogP contribution >= 0.6 is 0 Å². The number of aldehydes is 1. The van der Waals surface area contributed by atoms with Crippen LogP contribution in [0.2, 0.25) is 0 Å². The van der Waals surface area contributed by atoms with Crippen molar-refractivity contribution in [1.82, 2.24) is 0 Å². The number of phenols is 2. The third-order valence-corrected chi connectivity index (χ3v) is 14.5. The van der Waals surface area contributed by atoms with Gasteiger partial charge in [0.25, 0.3) is 0 Å². The minimum absolute atomic E-state index is 0.0177. The molecule has 0 spiro atoms. The average Bonchev–Trinajstić information content (AvgIpc) is 3.16. The van der Waals surface area contributed by atoms with Crippen molar-refractivity contribution in [2.75, 3.05) is 11.5 Å². The maximum atomic E-state index is 14.1. The largest absolute Gasteiger partial charge is 0.507 e. The van der Waals surface area contributed by atoms with Gasteiger partial charge in [-0.05, 0) is 41.8 Å². The molecule has 4 aromatic carbocycles. The Balaban J connectivity index is 1.69. The lowest BCUT2D eigenvalue weighted by Crippen LogP contribution is -2.16. The number of hydrogen-bond donors (Lipinski definition) is 2. The lowest BCUT2D eigenvalue weighted by Gasteiger charge is -2.18.